The standard InChI is InChI=1S/2C16H36P.C6H6.BHO3/c2*1-5-9-13-17(14-10-6-2,15-11-7-3)16-12-8-4;1-2-4-6-5-3-1;2-1(3)4/h2*5-16H2,1-4H3;1-6H;2H/q2*+1;;-2. The van der Waals surface area contributed by atoms with Crippen LogP contribution in [0.4, 0.5) is 0 Å². The largest absolute Gasteiger partial charge is 0.871 e. The predicted octanol–water partition coefficient (Wildman–Crippen LogP) is 10.8. The van der Waals surface area contributed by atoms with Gasteiger partial charge in [-0.1, -0.05) is 143 Å². The van der Waals surface area contributed by atoms with Crippen LogP contribution in [0.25, 0.3) is 0 Å². The Kier molecular flexibility index (Phi) is 41.2. The average molecular weight is 657 g/mol. The van der Waals surface area contributed by atoms with Gasteiger partial charge in [-0.15, -0.1) is 0 Å². The molecule has 0 aliphatic heterocycles. The predicted molar refractivity (Wildman–Crippen MR) is 206 cm³/mol. The first-order valence-electron chi connectivity index (χ1n) is 18.9. The summed E-state index contributed by atoms with van der Waals surface area (Å²) in [4.78, 5) is 0. The molecule has 0 aromatic heterocycles. The summed E-state index contributed by atoms with van der Waals surface area (Å²) in [5.41, 5.74) is 0. The molecule has 6 heteroatoms. The fourth-order valence-corrected chi connectivity index (χ4v) is 16.3. The Morgan fingerprint density at radius 2 is 0.477 bits per heavy atom. The molecular formula is C38H79BO3P2. The van der Waals surface area contributed by atoms with Crippen LogP contribution < -0.4 is 10.0 Å². The summed E-state index contributed by atoms with van der Waals surface area (Å²) >= 11 is 0. The van der Waals surface area contributed by atoms with Crippen molar-refractivity contribution in [2.45, 2.75) is 158 Å². The maximum atomic E-state index is 8.53. The molecule has 0 saturated heterocycles. The van der Waals surface area contributed by atoms with Gasteiger partial charge in [-0.25, -0.2) is 0 Å². The summed E-state index contributed by atoms with van der Waals surface area (Å²) in [6.45, 7) is 18.8. The molecule has 0 atom stereocenters. The second-order valence-electron chi connectivity index (χ2n) is 12.8. The molecule has 0 saturated carbocycles. The zero-order valence-electron chi connectivity index (χ0n) is 31.2. The Hall–Kier alpha value is 0.0249. The highest BCUT2D eigenvalue weighted by Crippen LogP contribution is 2.62. The SMILES string of the molecule is CCCC[P+](CCCC)(CCCC)CCCC.CCCC[P+](CCCC)(CCCC)CCCC.[O-]B([O-])O.c1ccccc1. The minimum Gasteiger partial charge on any atom is -0.871 e. The number of rotatable bonds is 24. The van der Waals surface area contributed by atoms with Crippen LogP contribution >= 0.6 is 14.5 Å². The summed E-state index contributed by atoms with van der Waals surface area (Å²) in [5.74, 6) is 0. The Balaban J connectivity index is -0.000000581. The maximum absolute atomic E-state index is 8.53. The molecule has 0 spiro atoms. The van der Waals surface area contributed by atoms with Crippen LogP contribution in [-0.2, 0) is 0 Å². The highest BCUT2D eigenvalue weighted by molar-refractivity contribution is 7.76. The molecule has 1 aromatic rings. The number of hydrogen-bond acceptors (Lipinski definition) is 3. The molecule has 1 N–H and O–H groups in total. The van der Waals surface area contributed by atoms with E-state index >= 15 is 0 Å². The van der Waals surface area contributed by atoms with Crippen molar-refractivity contribution in [2.75, 3.05) is 49.3 Å². The molecule has 0 bridgehead atoms. The highest BCUT2D eigenvalue weighted by Gasteiger charge is 2.35. The molecule has 0 amide bonds. The smallest absolute Gasteiger partial charge is 0.0594 e. The van der Waals surface area contributed by atoms with Gasteiger partial charge in [0.15, 0.2) is 0 Å². The van der Waals surface area contributed by atoms with Crippen molar-refractivity contribution in [1.29, 1.82) is 0 Å². The van der Waals surface area contributed by atoms with Crippen molar-refractivity contribution in [3.8, 4) is 0 Å². The molecule has 1 rings (SSSR count). The Labute approximate surface area is 280 Å². The topological polar surface area (TPSA) is 66.3 Å². The average Bonchev–Trinajstić information content (AvgIpc) is 3.04. The Morgan fingerprint density at radius 3 is 0.568 bits per heavy atom. The van der Waals surface area contributed by atoms with Crippen LogP contribution in [0.5, 0.6) is 0 Å². The van der Waals surface area contributed by atoms with E-state index in [1.807, 2.05) is 36.4 Å². The second kappa shape index (κ2) is 37.5. The summed E-state index contributed by atoms with van der Waals surface area (Å²) < 4.78 is 0. The fraction of sp³-hybridized carbons (Fsp3) is 0.842. The zero-order valence-corrected chi connectivity index (χ0v) is 33.0. The van der Waals surface area contributed by atoms with Crippen molar-refractivity contribution in [3.05, 3.63) is 36.4 Å². The molecule has 0 aliphatic rings. The molecule has 1 aromatic carbocycles. The number of unbranched alkanes of at least 4 members (excludes halogenated alkanes) is 8. The summed E-state index contributed by atoms with van der Waals surface area (Å²) in [5, 5.41) is 24.0. The van der Waals surface area contributed by atoms with Crippen LogP contribution in [0, 0.1) is 0 Å². The van der Waals surface area contributed by atoms with Crippen LogP contribution in [0.3, 0.4) is 0 Å². The third-order valence-electron chi connectivity index (χ3n) is 8.55. The number of hydrogen-bond donors (Lipinski definition) is 1. The lowest BCUT2D eigenvalue weighted by Crippen LogP contribution is -2.44. The quantitative estimate of drug-likeness (QED) is 0.0889. The zero-order chi connectivity index (χ0) is 33.8. The van der Waals surface area contributed by atoms with E-state index in [1.54, 1.807) is 49.3 Å². The van der Waals surface area contributed by atoms with Gasteiger partial charge in [-0.3, -0.25) is 0 Å². The van der Waals surface area contributed by atoms with Gasteiger partial charge in [0.25, 0.3) is 0 Å². The molecule has 262 valence electrons. The first-order valence-corrected chi connectivity index (χ1v) is 24.0. The third kappa shape index (κ3) is 33.4. The third-order valence-corrected chi connectivity index (χ3v) is 18.7. The molecule has 0 fully saturated rings. The summed E-state index contributed by atoms with van der Waals surface area (Å²) in [7, 11) is -3.79. The monoisotopic (exact) mass is 657 g/mol. The first kappa shape index (κ1) is 48.4. The summed E-state index contributed by atoms with van der Waals surface area (Å²) in [6.07, 6.45) is 35.9. The maximum Gasteiger partial charge on any atom is 0.0594 e. The van der Waals surface area contributed by atoms with E-state index in [1.165, 1.54) is 103 Å². The van der Waals surface area contributed by atoms with Gasteiger partial charge in [0.05, 0.1) is 56.6 Å². The van der Waals surface area contributed by atoms with Gasteiger partial charge < -0.3 is 15.1 Å². The minimum absolute atomic E-state index is 0.562. The van der Waals surface area contributed by atoms with E-state index in [0.29, 0.717) is 0 Å². The van der Waals surface area contributed by atoms with Crippen molar-refractivity contribution in [2.24, 2.45) is 0 Å². The van der Waals surface area contributed by atoms with Gasteiger partial charge in [-0.05, 0) is 51.4 Å². The van der Waals surface area contributed by atoms with Crippen LogP contribution in [0.15, 0.2) is 36.4 Å². The van der Waals surface area contributed by atoms with Gasteiger partial charge in [0.1, 0.15) is 0 Å². The van der Waals surface area contributed by atoms with E-state index in [4.69, 9.17) is 15.1 Å². The Bertz CT molecular complexity index is 493. The lowest BCUT2D eigenvalue weighted by molar-refractivity contribution is -0.376. The summed E-state index contributed by atoms with van der Waals surface area (Å²) in [6, 6.07) is 12.0. The molecule has 0 aliphatic carbocycles. The van der Waals surface area contributed by atoms with Gasteiger partial charge >= 0.3 is 0 Å². The van der Waals surface area contributed by atoms with E-state index in [-0.39, 0.29) is 0 Å². The van der Waals surface area contributed by atoms with Crippen molar-refractivity contribution in [3.63, 3.8) is 0 Å². The lowest BCUT2D eigenvalue weighted by atomic mass is 10.3. The van der Waals surface area contributed by atoms with Crippen LogP contribution in [0.2, 0.25) is 0 Å². The lowest BCUT2D eigenvalue weighted by Gasteiger charge is -2.28. The molecule has 0 radical (unpaired) electrons. The van der Waals surface area contributed by atoms with Gasteiger partial charge in [-0.2, -0.15) is 0 Å². The normalized spacial score (nSPS) is 11.0. The minimum atomic E-state index is -2.67. The first-order chi connectivity index (χ1) is 21.2. The van der Waals surface area contributed by atoms with E-state index < -0.39 is 21.8 Å². The number of benzene rings is 1. The highest BCUT2D eigenvalue weighted by atomic mass is 31.2. The van der Waals surface area contributed by atoms with Crippen LogP contribution in [-0.4, -0.2) is 61.6 Å². The molecule has 0 unspecified atom stereocenters. The molecule has 0 heterocycles. The van der Waals surface area contributed by atoms with Crippen molar-refractivity contribution < 1.29 is 15.1 Å². The van der Waals surface area contributed by atoms with E-state index in [2.05, 4.69) is 55.4 Å². The Morgan fingerprint density at radius 1 is 0.364 bits per heavy atom. The molecule has 3 nitrogen and oxygen atoms in total. The molecule has 44 heavy (non-hydrogen) atoms. The molecular weight excluding hydrogens is 577 g/mol. The van der Waals surface area contributed by atoms with Crippen LogP contribution in [0.1, 0.15) is 158 Å². The van der Waals surface area contributed by atoms with Crippen molar-refractivity contribution in [1.82, 2.24) is 0 Å². The fourth-order valence-electron chi connectivity index (χ4n) is 5.67. The van der Waals surface area contributed by atoms with Gasteiger partial charge in [0, 0.05) is 14.5 Å². The second-order valence-corrected chi connectivity index (χ2v) is 21.7. The van der Waals surface area contributed by atoms with E-state index in [0.717, 1.165) is 0 Å². The van der Waals surface area contributed by atoms with Gasteiger partial charge in [0.2, 0.25) is 0 Å². The van der Waals surface area contributed by atoms with E-state index in [9.17, 15) is 0 Å². The van der Waals surface area contributed by atoms with Crippen molar-refractivity contribution >= 4 is 21.8 Å².